The van der Waals surface area contributed by atoms with Gasteiger partial charge in [-0.05, 0) is 37.4 Å². The van der Waals surface area contributed by atoms with Gasteiger partial charge in [-0.1, -0.05) is 0 Å². The fourth-order valence-corrected chi connectivity index (χ4v) is 5.18. The first-order valence-corrected chi connectivity index (χ1v) is 11.2. The molecule has 124 valence electrons. The highest BCUT2D eigenvalue weighted by Gasteiger charge is 2.32. The van der Waals surface area contributed by atoms with Crippen molar-refractivity contribution in [3.8, 4) is 0 Å². The highest BCUT2D eigenvalue weighted by atomic mass is 32.2. The van der Waals surface area contributed by atoms with E-state index in [-0.39, 0.29) is 36.8 Å². The number of benzene rings is 1. The Morgan fingerprint density at radius 2 is 1.45 bits per heavy atom. The molecule has 1 saturated heterocycles. The SMILES string of the molecule is CCS(=O)(=O)N1CCN(S(=O)(=O)c2ccc(SC)cc2)CC1. The number of piperazine rings is 1. The van der Waals surface area contributed by atoms with Crippen molar-refractivity contribution in [2.45, 2.75) is 16.7 Å². The lowest BCUT2D eigenvalue weighted by atomic mass is 10.4. The lowest BCUT2D eigenvalue weighted by Gasteiger charge is -2.33. The van der Waals surface area contributed by atoms with Gasteiger partial charge in [-0.2, -0.15) is 8.61 Å². The van der Waals surface area contributed by atoms with Gasteiger partial charge in [-0.15, -0.1) is 11.8 Å². The zero-order valence-electron chi connectivity index (χ0n) is 12.6. The third-order valence-corrected chi connectivity index (χ3v) is 8.19. The van der Waals surface area contributed by atoms with Crippen LogP contribution in [-0.2, 0) is 20.0 Å². The molecule has 22 heavy (non-hydrogen) atoms. The van der Waals surface area contributed by atoms with Crippen LogP contribution in [0.1, 0.15) is 6.92 Å². The number of hydrogen-bond donors (Lipinski definition) is 0. The molecule has 6 nitrogen and oxygen atoms in total. The summed E-state index contributed by atoms with van der Waals surface area (Å²) in [6, 6.07) is 6.73. The van der Waals surface area contributed by atoms with Crippen molar-refractivity contribution in [1.82, 2.24) is 8.61 Å². The smallest absolute Gasteiger partial charge is 0.212 e. The highest BCUT2D eigenvalue weighted by molar-refractivity contribution is 7.98. The van der Waals surface area contributed by atoms with Gasteiger partial charge in [0.15, 0.2) is 0 Å². The van der Waals surface area contributed by atoms with Gasteiger partial charge < -0.3 is 0 Å². The van der Waals surface area contributed by atoms with Crippen LogP contribution in [0.3, 0.4) is 0 Å². The van der Waals surface area contributed by atoms with E-state index in [1.54, 1.807) is 43.0 Å². The quantitative estimate of drug-likeness (QED) is 0.731. The molecular formula is C13H20N2O4S3. The Labute approximate surface area is 136 Å². The molecule has 0 aromatic heterocycles. The van der Waals surface area contributed by atoms with Gasteiger partial charge in [-0.25, -0.2) is 16.8 Å². The fraction of sp³-hybridized carbons (Fsp3) is 0.538. The first-order valence-electron chi connectivity index (χ1n) is 6.93. The number of hydrogen-bond acceptors (Lipinski definition) is 5. The van der Waals surface area contributed by atoms with Crippen molar-refractivity contribution in [3.05, 3.63) is 24.3 Å². The van der Waals surface area contributed by atoms with Crippen molar-refractivity contribution >= 4 is 31.8 Å². The van der Waals surface area contributed by atoms with E-state index in [1.165, 1.54) is 8.61 Å². The lowest BCUT2D eigenvalue weighted by molar-refractivity contribution is 0.273. The summed E-state index contributed by atoms with van der Waals surface area (Å²) in [6.45, 7) is 2.38. The Bertz CT molecular complexity index is 706. The van der Waals surface area contributed by atoms with Crippen LogP contribution in [-0.4, -0.2) is 63.6 Å². The van der Waals surface area contributed by atoms with Crippen LogP contribution in [0, 0.1) is 0 Å². The summed E-state index contributed by atoms with van der Waals surface area (Å²) in [4.78, 5) is 1.25. The molecule has 2 rings (SSSR count). The molecule has 0 amide bonds. The maximum Gasteiger partial charge on any atom is 0.243 e. The van der Waals surface area contributed by atoms with E-state index >= 15 is 0 Å². The highest BCUT2D eigenvalue weighted by Crippen LogP contribution is 2.22. The molecule has 0 atom stereocenters. The predicted molar refractivity (Wildman–Crippen MR) is 88.0 cm³/mol. The Kier molecular flexibility index (Phi) is 5.54. The molecule has 0 N–H and O–H groups in total. The fourth-order valence-electron chi connectivity index (χ4n) is 2.27. The van der Waals surface area contributed by atoms with E-state index in [0.717, 1.165) is 4.90 Å². The van der Waals surface area contributed by atoms with Crippen LogP contribution in [0.25, 0.3) is 0 Å². The van der Waals surface area contributed by atoms with Crippen LogP contribution in [0.5, 0.6) is 0 Å². The summed E-state index contributed by atoms with van der Waals surface area (Å²) in [7, 11) is -6.81. The van der Waals surface area contributed by atoms with Gasteiger partial charge in [0, 0.05) is 31.1 Å². The van der Waals surface area contributed by atoms with Crippen molar-refractivity contribution in [2.75, 3.05) is 38.2 Å². The standard InChI is InChI=1S/C13H20N2O4S3/c1-3-21(16,17)14-8-10-15(11-9-14)22(18,19)13-6-4-12(20-2)5-7-13/h4-7H,3,8-11H2,1-2H3. The first-order chi connectivity index (χ1) is 10.3. The maximum absolute atomic E-state index is 12.6. The van der Waals surface area contributed by atoms with Crippen molar-refractivity contribution in [1.29, 1.82) is 0 Å². The van der Waals surface area contributed by atoms with Gasteiger partial charge in [0.2, 0.25) is 20.0 Å². The van der Waals surface area contributed by atoms with Crippen LogP contribution in [0.15, 0.2) is 34.1 Å². The maximum atomic E-state index is 12.6. The second kappa shape index (κ2) is 6.88. The summed E-state index contributed by atoms with van der Waals surface area (Å²) in [6.07, 6.45) is 1.93. The third-order valence-electron chi connectivity index (χ3n) is 3.65. The molecule has 0 spiro atoms. The normalized spacial score (nSPS) is 18.5. The van der Waals surface area contributed by atoms with E-state index in [2.05, 4.69) is 0 Å². The van der Waals surface area contributed by atoms with E-state index < -0.39 is 20.0 Å². The first kappa shape index (κ1) is 17.7. The zero-order valence-corrected chi connectivity index (χ0v) is 15.0. The molecule has 1 aromatic carbocycles. The van der Waals surface area contributed by atoms with Gasteiger partial charge in [0.25, 0.3) is 0 Å². The Morgan fingerprint density at radius 3 is 1.91 bits per heavy atom. The van der Waals surface area contributed by atoms with Crippen LogP contribution in [0.4, 0.5) is 0 Å². The van der Waals surface area contributed by atoms with E-state index in [4.69, 9.17) is 0 Å². The largest absolute Gasteiger partial charge is 0.243 e. The third kappa shape index (κ3) is 3.65. The molecule has 1 aliphatic heterocycles. The zero-order chi connectivity index (χ0) is 16.4. The second-order valence-corrected chi connectivity index (χ2v) is 9.95. The van der Waals surface area contributed by atoms with Gasteiger partial charge >= 0.3 is 0 Å². The van der Waals surface area contributed by atoms with E-state index in [9.17, 15) is 16.8 Å². The average Bonchev–Trinajstić information content (AvgIpc) is 2.55. The van der Waals surface area contributed by atoms with E-state index in [0.29, 0.717) is 0 Å². The van der Waals surface area contributed by atoms with E-state index in [1.807, 2.05) is 6.26 Å². The number of nitrogens with zero attached hydrogens (tertiary/aromatic N) is 2. The topological polar surface area (TPSA) is 74.8 Å². The second-order valence-electron chi connectivity index (χ2n) is 4.88. The van der Waals surface area contributed by atoms with Crippen LogP contribution >= 0.6 is 11.8 Å². The van der Waals surface area contributed by atoms with Gasteiger partial charge in [-0.3, -0.25) is 0 Å². The van der Waals surface area contributed by atoms with Crippen LogP contribution < -0.4 is 0 Å². The van der Waals surface area contributed by atoms with Crippen molar-refractivity contribution in [2.24, 2.45) is 0 Å². The molecule has 0 saturated carbocycles. The van der Waals surface area contributed by atoms with Crippen molar-refractivity contribution < 1.29 is 16.8 Å². The summed E-state index contributed by atoms with van der Waals surface area (Å²) in [5.74, 6) is 0.0376. The molecule has 0 aliphatic carbocycles. The minimum absolute atomic E-state index is 0.0376. The molecule has 9 heteroatoms. The molecule has 0 radical (unpaired) electrons. The monoisotopic (exact) mass is 364 g/mol. The molecular weight excluding hydrogens is 344 g/mol. The minimum atomic E-state index is -3.56. The number of thioether (sulfide) groups is 1. The molecule has 0 unspecified atom stereocenters. The molecule has 1 heterocycles. The van der Waals surface area contributed by atoms with Gasteiger partial charge in [0.1, 0.15) is 0 Å². The van der Waals surface area contributed by atoms with Crippen LogP contribution in [0.2, 0.25) is 0 Å². The molecule has 1 aliphatic rings. The Balaban J connectivity index is 2.12. The van der Waals surface area contributed by atoms with Crippen molar-refractivity contribution in [3.63, 3.8) is 0 Å². The number of sulfonamides is 2. The summed E-state index contributed by atoms with van der Waals surface area (Å²) >= 11 is 1.55. The molecule has 1 fully saturated rings. The molecule has 0 bridgehead atoms. The summed E-state index contributed by atoms with van der Waals surface area (Å²) < 4.78 is 51.4. The lowest BCUT2D eigenvalue weighted by Crippen LogP contribution is -2.50. The predicted octanol–water partition coefficient (Wildman–Crippen LogP) is 1.06. The summed E-state index contributed by atoms with van der Waals surface area (Å²) in [5.41, 5.74) is 0. The molecule has 1 aromatic rings. The minimum Gasteiger partial charge on any atom is -0.212 e. The number of rotatable bonds is 5. The Morgan fingerprint density at radius 1 is 0.955 bits per heavy atom. The average molecular weight is 365 g/mol. The van der Waals surface area contributed by atoms with Gasteiger partial charge in [0.05, 0.1) is 10.6 Å². The Hall–Kier alpha value is -0.610. The summed E-state index contributed by atoms with van der Waals surface area (Å²) in [5, 5.41) is 0.